The van der Waals surface area contributed by atoms with E-state index in [0.29, 0.717) is 12.8 Å². The van der Waals surface area contributed by atoms with Gasteiger partial charge in [0.15, 0.2) is 0 Å². The van der Waals surface area contributed by atoms with Crippen LogP contribution >= 0.6 is 0 Å². The average Bonchev–Trinajstić information content (AvgIpc) is 2.52. The lowest BCUT2D eigenvalue weighted by molar-refractivity contribution is -0.138. The minimum atomic E-state index is -0.693. The lowest BCUT2D eigenvalue weighted by Crippen LogP contribution is -1.91. The lowest BCUT2D eigenvalue weighted by Gasteiger charge is -1.93. The van der Waals surface area contributed by atoms with Crippen LogP contribution in [0.2, 0.25) is 0 Å². The Bertz CT molecular complexity index is 358. The van der Waals surface area contributed by atoms with Crippen LogP contribution in [0.15, 0.2) is 30.3 Å². The lowest BCUT2D eigenvalue weighted by atomic mass is 10.3. The number of carboxylic acids is 2. The van der Waals surface area contributed by atoms with Gasteiger partial charge in [-0.1, -0.05) is 44.9 Å². The standard InChI is InChI=1S/C7H8O.2C5H10O2/c1-8-7-5-3-2-4-6-7;2*1-2-3-4-5(6)7/h2-6H,1H3;2*2-4H2,1H3,(H,6,7). The summed E-state index contributed by atoms with van der Waals surface area (Å²) >= 11 is 0. The number of aliphatic carboxylic acids is 2. The molecule has 0 aliphatic heterocycles. The maximum Gasteiger partial charge on any atom is 0.303 e. The second-order valence-corrected chi connectivity index (χ2v) is 4.51. The van der Waals surface area contributed by atoms with E-state index in [-0.39, 0.29) is 0 Å². The average molecular weight is 312 g/mol. The Kier molecular flexibility index (Phi) is 17.2. The highest BCUT2D eigenvalue weighted by molar-refractivity contribution is 5.66. The molecule has 126 valence electrons. The van der Waals surface area contributed by atoms with Gasteiger partial charge in [-0.05, 0) is 25.0 Å². The first kappa shape index (κ1) is 22.2. The Labute approximate surface area is 132 Å². The molecule has 0 aliphatic rings. The van der Waals surface area contributed by atoms with Crippen molar-refractivity contribution in [2.75, 3.05) is 7.11 Å². The molecule has 0 saturated heterocycles. The van der Waals surface area contributed by atoms with Crippen LogP contribution < -0.4 is 4.74 Å². The highest BCUT2D eigenvalue weighted by Crippen LogP contribution is 2.05. The number of hydrogen-bond donors (Lipinski definition) is 2. The molecular weight excluding hydrogens is 284 g/mol. The van der Waals surface area contributed by atoms with Gasteiger partial charge in [0.05, 0.1) is 7.11 Å². The third-order valence-electron chi connectivity index (χ3n) is 2.47. The summed E-state index contributed by atoms with van der Waals surface area (Å²) in [6.45, 7) is 3.95. The highest BCUT2D eigenvalue weighted by atomic mass is 16.5. The monoisotopic (exact) mass is 312 g/mol. The molecule has 0 aliphatic carbocycles. The predicted octanol–water partition coefficient (Wildman–Crippen LogP) is 4.22. The normalized spacial score (nSPS) is 8.68. The highest BCUT2D eigenvalue weighted by Gasteiger charge is 1.91. The van der Waals surface area contributed by atoms with Crippen LogP contribution in [-0.2, 0) is 9.59 Å². The fourth-order valence-electron chi connectivity index (χ4n) is 1.21. The summed E-state index contributed by atoms with van der Waals surface area (Å²) in [6.07, 6.45) is 4.16. The molecule has 5 heteroatoms. The predicted molar refractivity (Wildman–Crippen MR) is 87.3 cm³/mol. The summed E-state index contributed by atoms with van der Waals surface area (Å²) in [5, 5.41) is 16.1. The van der Waals surface area contributed by atoms with Crippen LogP contribution in [0.4, 0.5) is 0 Å². The van der Waals surface area contributed by atoms with E-state index >= 15 is 0 Å². The fourth-order valence-corrected chi connectivity index (χ4v) is 1.21. The van der Waals surface area contributed by atoms with Gasteiger partial charge in [-0.25, -0.2) is 0 Å². The Morgan fingerprint density at radius 3 is 1.50 bits per heavy atom. The summed E-state index contributed by atoms with van der Waals surface area (Å²) in [6, 6.07) is 9.68. The molecule has 1 rings (SSSR count). The molecule has 1 aromatic rings. The quantitative estimate of drug-likeness (QED) is 0.787. The van der Waals surface area contributed by atoms with E-state index in [2.05, 4.69) is 0 Å². The largest absolute Gasteiger partial charge is 0.497 e. The molecule has 0 bridgehead atoms. The van der Waals surface area contributed by atoms with E-state index in [1.54, 1.807) is 7.11 Å². The van der Waals surface area contributed by atoms with E-state index in [4.69, 9.17) is 14.9 Å². The van der Waals surface area contributed by atoms with Gasteiger partial charge < -0.3 is 14.9 Å². The van der Waals surface area contributed by atoms with Crippen molar-refractivity contribution in [2.24, 2.45) is 0 Å². The molecule has 0 spiro atoms. The maximum absolute atomic E-state index is 9.76. The first-order chi connectivity index (χ1) is 10.5. The topological polar surface area (TPSA) is 83.8 Å². The third-order valence-corrected chi connectivity index (χ3v) is 2.47. The van der Waals surface area contributed by atoms with Crippen LogP contribution in [0.1, 0.15) is 52.4 Å². The van der Waals surface area contributed by atoms with Crippen molar-refractivity contribution in [3.8, 4) is 5.75 Å². The van der Waals surface area contributed by atoms with Gasteiger partial charge in [-0.2, -0.15) is 0 Å². The van der Waals surface area contributed by atoms with E-state index < -0.39 is 11.9 Å². The van der Waals surface area contributed by atoms with Gasteiger partial charge in [0, 0.05) is 12.8 Å². The van der Waals surface area contributed by atoms with Crippen LogP contribution in [0.5, 0.6) is 5.75 Å². The molecule has 1 aromatic carbocycles. The summed E-state index contributed by atoms with van der Waals surface area (Å²) in [7, 11) is 1.66. The van der Waals surface area contributed by atoms with Crippen LogP contribution in [0.3, 0.4) is 0 Å². The van der Waals surface area contributed by atoms with Crippen molar-refractivity contribution in [3.63, 3.8) is 0 Å². The van der Waals surface area contributed by atoms with E-state index in [0.717, 1.165) is 31.4 Å². The number of hydrogen-bond acceptors (Lipinski definition) is 3. The minimum Gasteiger partial charge on any atom is -0.497 e. The van der Waals surface area contributed by atoms with Crippen molar-refractivity contribution in [3.05, 3.63) is 30.3 Å². The zero-order valence-corrected chi connectivity index (χ0v) is 13.7. The first-order valence-electron chi connectivity index (χ1n) is 7.50. The second-order valence-electron chi connectivity index (χ2n) is 4.51. The molecule has 2 N–H and O–H groups in total. The number of methoxy groups -OCH3 is 1. The van der Waals surface area contributed by atoms with Gasteiger partial charge >= 0.3 is 11.9 Å². The van der Waals surface area contributed by atoms with Crippen molar-refractivity contribution >= 4 is 11.9 Å². The van der Waals surface area contributed by atoms with Crippen LogP contribution in [0.25, 0.3) is 0 Å². The number of para-hydroxylation sites is 1. The number of rotatable bonds is 7. The molecule has 0 heterocycles. The molecule has 0 aromatic heterocycles. The first-order valence-corrected chi connectivity index (χ1v) is 7.50. The van der Waals surface area contributed by atoms with E-state index in [9.17, 15) is 9.59 Å². The molecule has 22 heavy (non-hydrogen) atoms. The van der Waals surface area contributed by atoms with Crippen molar-refractivity contribution in [2.45, 2.75) is 52.4 Å². The van der Waals surface area contributed by atoms with Crippen LogP contribution in [-0.4, -0.2) is 29.3 Å². The van der Waals surface area contributed by atoms with E-state index in [1.807, 2.05) is 44.2 Å². The summed E-state index contributed by atoms with van der Waals surface area (Å²) in [4.78, 5) is 19.5. The summed E-state index contributed by atoms with van der Waals surface area (Å²) in [5.74, 6) is -0.476. The van der Waals surface area contributed by atoms with Crippen LogP contribution in [0, 0.1) is 0 Å². The van der Waals surface area contributed by atoms with E-state index in [1.165, 1.54) is 0 Å². The minimum absolute atomic E-state index is 0.316. The molecule has 0 saturated carbocycles. The zero-order chi connectivity index (χ0) is 17.2. The molecule has 5 nitrogen and oxygen atoms in total. The number of carboxylic acid groups (broad SMARTS) is 2. The number of benzene rings is 1. The van der Waals surface area contributed by atoms with Gasteiger partial charge in [0.2, 0.25) is 0 Å². The number of carbonyl (C=O) groups is 2. The Hall–Kier alpha value is -2.04. The molecule has 0 unspecified atom stereocenters. The zero-order valence-electron chi connectivity index (χ0n) is 13.7. The summed E-state index contributed by atoms with van der Waals surface area (Å²) < 4.78 is 4.91. The smallest absolute Gasteiger partial charge is 0.303 e. The molecular formula is C17H28O5. The van der Waals surface area contributed by atoms with Crippen molar-refractivity contribution in [1.29, 1.82) is 0 Å². The third kappa shape index (κ3) is 20.3. The SMILES string of the molecule is CCCCC(=O)O.CCCCC(=O)O.COc1ccccc1. The van der Waals surface area contributed by atoms with Gasteiger partial charge in [0.1, 0.15) is 5.75 Å². The molecule has 0 fully saturated rings. The van der Waals surface area contributed by atoms with Crippen molar-refractivity contribution in [1.82, 2.24) is 0 Å². The van der Waals surface area contributed by atoms with Gasteiger partial charge in [0.25, 0.3) is 0 Å². The van der Waals surface area contributed by atoms with Crippen molar-refractivity contribution < 1.29 is 24.5 Å². The molecule has 0 radical (unpaired) electrons. The Morgan fingerprint density at radius 1 is 0.909 bits per heavy atom. The summed E-state index contributed by atoms with van der Waals surface area (Å²) in [5.41, 5.74) is 0. The Morgan fingerprint density at radius 2 is 1.32 bits per heavy atom. The molecule has 0 amide bonds. The second kappa shape index (κ2) is 17.0. The number of ether oxygens (including phenoxy) is 1. The fraction of sp³-hybridized carbons (Fsp3) is 0.529. The van der Waals surface area contributed by atoms with Gasteiger partial charge in [-0.3, -0.25) is 9.59 Å². The number of unbranched alkanes of at least 4 members (excludes halogenated alkanes) is 2. The van der Waals surface area contributed by atoms with Gasteiger partial charge in [-0.15, -0.1) is 0 Å². The molecule has 0 atom stereocenters. The maximum atomic E-state index is 9.76. The Balaban J connectivity index is 0.